The lowest BCUT2D eigenvalue weighted by atomic mass is 10.0. The predicted molar refractivity (Wildman–Crippen MR) is 141 cm³/mol. The molecule has 1 aliphatic heterocycles. The number of anilines is 1. The van der Waals surface area contributed by atoms with Gasteiger partial charge in [-0.3, -0.25) is 9.59 Å². The van der Waals surface area contributed by atoms with Crippen molar-refractivity contribution in [3.8, 4) is 0 Å². The van der Waals surface area contributed by atoms with Gasteiger partial charge in [0.15, 0.2) is 0 Å². The third kappa shape index (κ3) is 4.38. The Morgan fingerprint density at radius 3 is 1.97 bits per heavy atom. The highest BCUT2D eigenvalue weighted by Gasteiger charge is 2.49. The smallest absolute Gasteiger partial charge is 0.252 e. The molecule has 2 atom stereocenters. The summed E-state index contributed by atoms with van der Waals surface area (Å²) in [5.74, 6) is -0.946. The molecule has 2 unspecified atom stereocenters. The summed E-state index contributed by atoms with van der Waals surface area (Å²) in [6.45, 7) is 11.0. The van der Waals surface area contributed by atoms with Crippen LogP contribution >= 0.6 is 0 Å². The lowest BCUT2D eigenvalue weighted by Gasteiger charge is -2.34. The Hall–Kier alpha value is -3.29. The number of sulfonamides is 1. The number of rotatable bonds is 6. The number of imide groups is 1. The third-order valence-electron chi connectivity index (χ3n) is 7.22. The van der Waals surface area contributed by atoms with Gasteiger partial charge in [0, 0.05) is 6.04 Å². The van der Waals surface area contributed by atoms with Gasteiger partial charge in [0.2, 0.25) is 15.9 Å². The Morgan fingerprint density at radius 1 is 0.861 bits per heavy atom. The van der Waals surface area contributed by atoms with Gasteiger partial charge in [-0.2, -0.15) is 4.31 Å². The van der Waals surface area contributed by atoms with Crippen molar-refractivity contribution in [2.45, 2.75) is 64.9 Å². The van der Waals surface area contributed by atoms with Gasteiger partial charge in [-0.25, -0.2) is 13.3 Å². The summed E-state index contributed by atoms with van der Waals surface area (Å²) >= 11 is 0. The molecule has 36 heavy (non-hydrogen) atoms. The monoisotopic (exact) mass is 504 g/mol. The Balaban J connectivity index is 1.89. The van der Waals surface area contributed by atoms with Crippen LogP contribution < -0.4 is 4.90 Å². The van der Waals surface area contributed by atoms with Gasteiger partial charge in [0.25, 0.3) is 5.91 Å². The molecule has 7 heteroatoms. The van der Waals surface area contributed by atoms with Crippen LogP contribution in [0.3, 0.4) is 0 Å². The molecule has 1 saturated heterocycles. The van der Waals surface area contributed by atoms with Crippen LogP contribution in [-0.2, 0) is 19.6 Å². The van der Waals surface area contributed by atoms with Crippen molar-refractivity contribution < 1.29 is 18.0 Å². The van der Waals surface area contributed by atoms with E-state index in [9.17, 15) is 18.0 Å². The van der Waals surface area contributed by atoms with Crippen LogP contribution in [0, 0.1) is 34.6 Å². The van der Waals surface area contributed by atoms with Gasteiger partial charge in [-0.15, -0.1) is 0 Å². The molecule has 4 rings (SSSR count). The minimum Gasteiger partial charge on any atom is -0.274 e. The molecule has 3 aromatic rings. The average Bonchev–Trinajstić information content (AvgIpc) is 3.12. The molecule has 0 aliphatic carbocycles. The Morgan fingerprint density at radius 2 is 1.42 bits per heavy atom. The molecule has 1 fully saturated rings. The lowest BCUT2D eigenvalue weighted by Crippen LogP contribution is -2.47. The van der Waals surface area contributed by atoms with E-state index in [1.807, 2.05) is 69.3 Å². The zero-order valence-electron chi connectivity index (χ0n) is 21.6. The molecule has 0 saturated carbocycles. The summed E-state index contributed by atoms with van der Waals surface area (Å²) < 4.78 is 30.2. The fourth-order valence-electron chi connectivity index (χ4n) is 4.98. The molecule has 6 nitrogen and oxygen atoms in total. The van der Waals surface area contributed by atoms with Crippen LogP contribution in [0.5, 0.6) is 0 Å². The Labute approximate surface area is 213 Å². The number of carbonyl (C=O) groups is 2. The number of hydrogen-bond acceptors (Lipinski definition) is 4. The van der Waals surface area contributed by atoms with Crippen LogP contribution in [0.4, 0.5) is 5.69 Å². The molecule has 1 aliphatic rings. The standard InChI is InChI=1S/C29H32N2O4S/c1-18-12-14-25(15-13-18)30-27(32)17-26(29(30)33)31(23(6)24-10-8-7-9-11-24)36(34,35)28-21(4)19(2)16-20(3)22(28)5/h7-16,23,26H,17H2,1-6H3. The molecule has 0 aromatic heterocycles. The van der Waals surface area contributed by atoms with Crippen molar-refractivity contribution in [1.29, 1.82) is 0 Å². The van der Waals surface area contributed by atoms with Gasteiger partial charge >= 0.3 is 0 Å². The van der Waals surface area contributed by atoms with Gasteiger partial charge < -0.3 is 0 Å². The minimum atomic E-state index is -4.17. The maximum absolute atomic E-state index is 14.5. The summed E-state index contributed by atoms with van der Waals surface area (Å²) in [6.07, 6.45) is -0.216. The van der Waals surface area contributed by atoms with Crippen molar-refractivity contribution in [3.63, 3.8) is 0 Å². The predicted octanol–water partition coefficient (Wildman–Crippen LogP) is 5.31. The number of nitrogens with zero attached hydrogens (tertiary/aromatic N) is 2. The van der Waals surface area contributed by atoms with Gasteiger partial charge in [0.05, 0.1) is 17.0 Å². The van der Waals surface area contributed by atoms with Gasteiger partial charge in [0.1, 0.15) is 6.04 Å². The van der Waals surface area contributed by atoms with Crippen LogP contribution in [0.1, 0.15) is 52.8 Å². The van der Waals surface area contributed by atoms with Gasteiger partial charge in [-0.1, -0.05) is 54.1 Å². The zero-order valence-corrected chi connectivity index (χ0v) is 22.4. The van der Waals surface area contributed by atoms with E-state index >= 15 is 0 Å². The third-order valence-corrected chi connectivity index (χ3v) is 9.47. The van der Waals surface area contributed by atoms with Crippen LogP contribution in [0.15, 0.2) is 65.6 Å². The highest BCUT2D eigenvalue weighted by atomic mass is 32.2. The number of aryl methyl sites for hydroxylation is 3. The van der Waals surface area contributed by atoms with E-state index in [-0.39, 0.29) is 11.3 Å². The first kappa shape index (κ1) is 25.8. The van der Waals surface area contributed by atoms with Crippen molar-refractivity contribution in [2.75, 3.05) is 4.90 Å². The van der Waals surface area contributed by atoms with E-state index in [4.69, 9.17) is 0 Å². The first-order chi connectivity index (χ1) is 16.9. The summed E-state index contributed by atoms with van der Waals surface area (Å²) in [7, 11) is -4.17. The van der Waals surface area contributed by atoms with E-state index in [1.54, 1.807) is 32.9 Å². The Bertz CT molecular complexity index is 1400. The maximum atomic E-state index is 14.5. The molecule has 0 N–H and O–H groups in total. The normalized spacial score (nSPS) is 17.2. The van der Waals surface area contributed by atoms with E-state index in [0.717, 1.165) is 27.2 Å². The second-order valence-electron chi connectivity index (χ2n) is 9.63. The molecule has 2 amide bonds. The molecular weight excluding hydrogens is 472 g/mol. The van der Waals surface area contributed by atoms with E-state index in [1.165, 1.54) is 4.31 Å². The van der Waals surface area contributed by atoms with Gasteiger partial charge in [-0.05, 0) is 81.5 Å². The van der Waals surface area contributed by atoms with Crippen molar-refractivity contribution >= 4 is 27.5 Å². The van der Waals surface area contributed by atoms with Crippen molar-refractivity contribution in [3.05, 3.63) is 94.0 Å². The highest BCUT2D eigenvalue weighted by Crippen LogP contribution is 2.38. The van der Waals surface area contributed by atoms with Crippen molar-refractivity contribution in [1.82, 2.24) is 4.31 Å². The molecule has 0 radical (unpaired) electrons. The summed E-state index contributed by atoms with van der Waals surface area (Å²) in [5.41, 5.74) is 5.21. The molecule has 3 aromatic carbocycles. The minimum absolute atomic E-state index is 0.205. The first-order valence-corrected chi connectivity index (χ1v) is 13.5. The lowest BCUT2D eigenvalue weighted by molar-refractivity contribution is -0.122. The summed E-state index contributed by atoms with van der Waals surface area (Å²) in [4.78, 5) is 28.2. The van der Waals surface area contributed by atoms with Crippen LogP contribution in [-0.4, -0.2) is 30.6 Å². The second-order valence-corrected chi connectivity index (χ2v) is 11.4. The quantitative estimate of drug-likeness (QED) is 0.426. The second kappa shape index (κ2) is 9.64. The molecule has 0 bridgehead atoms. The molecular formula is C29H32N2O4S. The van der Waals surface area contributed by atoms with E-state index in [2.05, 4.69) is 0 Å². The first-order valence-electron chi connectivity index (χ1n) is 12.0. The van der Waals surface area contributed by atoms with Crippen LogP contribution in [0.2, 0.25) is 0 Å². The van der Waals surface area contributed by atoms with E-state index < -0.39 is 33.9 Å². The van der Waals surface area contributed by atoms with Crippen LogP contribution in [0.25, 0.3) is 0 Å². The largest absolute Gasteiger partial charge is 0.274 e. The number of benzene rings is 3. The van der Waals surface area contributed by atoms with E-state index in [0.29, 0.717) is 16.8 Å². The zero-order chi connectivity index (χ0) is 26.4. The highest BCUT2D eigenvalue weighted by molar-refractivity contribution is 7.89. The molecule has 188 valence electrons. The number of hydrogen-bond donors (Lipinski definition) is 0. The van der Waals surface area contributed by atoms with Crippen molar-refractivity contribution in [2.24, 2.45) is 0 Å². The summed E-state index contributed by atoms with van der Waals surface area (Å²) in [6, 6.07) is 16.4. The topological polar surface area (TPSA) is 74.8 Å². The maximum Gasteiger partial charge on any atom is 0.252 e. The SMILES string of the molecule is Cc1ccc(N2C(=O)CC(N(C(C)c3ccccc3)S(=O)(=O)c3c(C)c(C)cc(C)c3C)C2=O)cc1. The number of amides is 2. The fourth-order valence-corrected chi connectivity index (χ4v) is 7.32. The summed E-state index contributed by atoms with van der Waals surface area (Å²) in [5, 5.41) is 0. The number of carbonyl (C=O) groups excluding carboxylic acids is 2. The molecule has 0 spiro atoms. The Kier molecular flexibility index (Phi) is 6.90. The molecule has 1 heterocycles. The average molecular weight is 505 g/mol. The fraction of sp³-hybridized carbons (Fsp3) is 0.310.